The molecule has 1 aromatic carbocycles. The first kappa shape index (κ1) is 17.6. The van der Waals surface area contributed by atoms with Gasteiger partial charge in [0.2, 0.25) is 5.91 Å². The third kappa shape index (κ3) is 6.22. The van der Waals surface area contributed by atoms with Crippen LogP contribution >= 0.6 is 15.9 Å². The van der Waals surface area contributed by atoms with Crippen LogP contribution in [0.4, 0.5) is 5.69 Å². The van der Waals surface area contributed by atoms with Gasteiger partial charge in [-0.25, -0.2) is 0 Å². The Labute approximate surface area is 132 Å². The second-order valence-corrected chi connectivity index (χ2v) is 6.53. The highest BCUT2D eigenvalue weighted by Crippen LogP contribution is 2.27. The lowest BCUT2D eigenvalue weighted by Crippen LogP contribution is -2.41. The number of benzene rings is 1. The molecule has 0 aliphatic rings. The molecule has 21 heavy (non-hydrogen) atoms. The number of nitro benzene ring substituents is 1. The van der Waals surface area contributed by atoms with E-state index in [4.69, 9.17) is 0 Å². The van der Waals surface area contributed by atoms with Crippen molar-refractivity contribution in [1.29, 1.82) is 0 Å². The van der Waals surface area contributed by atoms with Crippen molar-refractivity contribution < 1.29 is 9.72 Å². The maximum Gasteiger partial charge on any atom is 0.283 e. The summed E-state index contributed by atoms with van der Waals surface area (Å²) in [6, 6.07) is 4.90. The number of amides is 1. The summed E-state index contributed by atoms with van der Waals surface area (Å²) in [6.45, 7) is 6.76. The van der Waals surface area contributed by atoms with Gasteiger partial charge in [-0.05, 0) is 42.3 Å². The summed E-state index contributed by atoms with van der Waals surface area (Å²) >= 11 is 3.24. The molecule has 0 atom stereocenters. The fourth-order valence-corrected chi connectivity index (χ4v) is 2.30. The van der Waals surface area contributed by atoms with Gasteiger partial charge < -0.3 is 10.6 Å². The average Bonchev–Trinajstić information content (AvgIpc) is 2.33. The van der Waals surface area contributed by atoms with Gasteiger partial charge in [0, 0.05) is 31.1 Å². The number of rotatable bonds is 6. The SMILES string of the molecule is CC(C)(C)NC(=O)CCNCc1cccc([N+](=O)[O-])c1Br. The number of nitro groups is 1. The molecule has 0 aromatic heterocycles. The Bertz CT molecular complexity index is 527. The lowest BCUT2D eigenvalue weighted by atomic mass is 10.1. The van der Waals surface area contributed by atoms with E-state index in [0.717, 1.165) is 5.56 Å². The smallest absolute Gasteiger partial charge is 0.283 e. The van der Waals surface area contributed by atoms with E-state index in [-0.39, 0.29) is 17.1 Å². The number of nitrogens with one attached hydrogen (secondary N) is 2. The zero-order chi connectivity index (χ0) is 16.0. The zero-order valence-electron chi connectivity index (χ0n) is 12.4. The van der Waals surface area contributed by atoms with Crippen molar-refractivity contribution in [2.75, 3.05) is 6.54 Å². The van der Waals surface area contributed by atoms with Crippen LogP contribution < -0.4 is 10.6 Å². The molecular weight excluding hydrogens is 338 g/mol. The number of carbonyl (C=O) groups is 1. The maximum atomic E-state index is 11.6. The zero-order valence-corrected chi connectivity index (χ0v) is 14.0. The van der Waals surface area contributed by atoms with Crippen molar-refractivity contribution in [2.24, 2.45) is 0 Å². The van der Waals surface area contributed by atoms with Crippen LogP contribution in [0.5, 0.6) is 0 Å². The summed E-state index contributed by atoms with van der Waals surface area (Å²) in [5.74, 6) is -0.0203. The van der Waals surface area contributed by atoms with Crippen LogP contribution in [-0.2, 0) is 11.3 Å². The second kappa shape index (κ2) is 7.51. The van der Waals surface area contributed by atoms with Gasteiger partial charge in [0.15, 0.2) is 0 Å². The number of hydrogen-bond donors (Lipinski definition) is 2. The summed E-state index contributed by atoms with van der Waals surface area (Å²) in [5.41, 5.74) is 0.598. The third-order valence-corrected chi connectivity index (χ3v) is 3.53. The van der Waals surface area contributed by atoms with Gasteiger partial charge >= 0.3 is 0 Å². The van der Waals surface area contributed by atoms with E-state index in [1.807, 2.05) is 20.8 Å². The fourth-order valence-electron chi connectivity index (χ4n) is 1.75. The van der Waals surface area contributed by atoms with E-state index >= 15 is 0 Å². The van der Waals surface area contributed by atoms with Crippen LogP contribution in [0.25, 0.3) is 0 Å². The molecular formula is C14H20BrN3O3. The summed E-state index contributed by atoms with van der Waals surface area (Å²) in [6.07, 6.45) is 0.365. The molecule has 0 heterocycles. The van der Waals surface area contributed by atoms with Gasteiger partial charge in [-0.1, -0.05) is 12.1 Å². The van der Waals surface area contributed by atoms with Gasteiger partial charge in [-0.3, -0.25) is 14.9 Å². The Balaban J connectivity index is 2.45. The van der Waals surface area contributed by atoms with E-state index in [9.17, 15) is 14.9 Å². The van der Waals surface area contributed by atoms with Crippen molar-refractivity contribution >= 4 is 27.5 Å². The van der Waals surface area contributed by atoms with Gasteiger partial charge in [-0.2, -0.15) is 0 Å². The summed E-state index contributed by atoms with van der Waals surface area (Å²) in [5, 5.41) is 16.8. The molecule has 0 spiro atoms. The number of hydrogen-bond acceptors (Lipinski definition) is 4. The molecule has 2 N–H and O–H groups in total. The predicted molar refractivity (Wildman–Crippen MR) is 85.0 cm³/mol. The molecule has 0 radical (unpaired) electrons. The molecule has 7 heteroatoms. The molecule has 0 saturated heterocycles. The monoisotopic (exact) mass is 357 g/mol. The molecule has 1 aromatic rings. The summed E-state index contributed by atoms with van der Waals surface area (Å²) in [4.78, 5) is 22.0. The lowest BCUT2D eigenvalue weighted by molar-refractivity contribution is -0.385. The van der Waals surface area contributed by atoms with Crippen LogP contribution in [0, 0.1) is 10.1 Å². The molecule has 1 rings (SSSR count). The molecule has 0 unspecified atom stereocenters. The first-order valence-corrected chi connectivity index (χ1v) is 7.43. The van der Waals surface area contributed by atoms with Crippen molar-refractivity contribution in [1.82, 2.24) is 10.6 Å². The third-order valence-electron chi connectivity index (χ3n) is 2.61. The van der Waals surface area contributed by atoms with E-state index in [1.165, 1.54) is 6.07 Å². The van der Waals surface area contributed by atoms with Gasteiger partial charge in [-0.15, -0.1) is 0 Å². The Morgan fingerprint density at radius 2 is 2.05 bits per heavy atom. The molecule has 0 aliphatic carbocycles. The van der Waals surface area contributed by atoms with Crippen LogP contribution in [-0.4, -0.2) is 22.9 Å². The van der Waals surface area contributed by atoms with Crippen molar-refractivity contribution in [2.45, 2.75) is 39.3 Å². The number of nitrogens with zero attached hydrogens (tertiary/aromatic N) is 1. The fraction of sp³-hybridized carbons (Fsp3) is 0.500. The van der Waals surface area contributed by atoms with Crippen molar-refractivity contribution in [3.8, 4) is 0 Å². The average molecular weight is 358 g/mol. The van der Waals surface area contributed by atoms with Crippen LogP contribution in [0.1, 0.15) is 32.8 Å². The van der Waals surface area contributed by atoms with Gasteiger partial charge in [0.25, 0.3) is 5.69 Å². The number of halogens is 1. The standard InChI is InChI=1S/C14H20BrN3O3/c1-14(2,3)17-12(19)7-8-16-9-10-5-4-6-11(13(10)15)18(20)21/h4-6,16H,7-9H2,1-3H3,(H,17,19). The topological polar surface area (TPSA) is 84.3 Å². The molecule has 0 saturated carbocycles. The molecule has 116 valence electrons. The van der Waals surface area contributed by atoms with E-state index < -0.39 is 4.92 Å². The Hall–Kier alpha value is -1.47. The lowest BCUT2D eigenvalue weighted by Gasteiger charge is -2.20. The number of carbonyl (C=O) groups excluding carboxylic acids is 1. The normalized spacial score (nSPS) is 11.2. The van der Waals surface area contributed by atoms with Crippen molar-refractivity contribution in [3.05, 3.63) is 38.3 Å². The summed E-state index contributed by atoms with van der Waals surface area (Å²) < 4.78 is 0.474. The molecule has 6 nitrogen and oxygen atoms in total. The molecule has 0 aliphatic heterocycles. The minimum atomic E-state index is -0.426. The second-order valence-electron chi connectivity index (χ2n) is 5.73. The Morgan fingerprint density at radius 3 is 2.62 bits per heavy atom. The van der Waals surface area contributed by atoms with Crippen LogP contribution in [0.2, 0.25) is 0 Å². The van der Waals surface area contributed by atoms with Gasteiger partial charge in [0.1, 0.15) is 0 Å². The largest absolute Gasteiger partial charge is 0.351 e. The highest BCUT2D eigenvalue weighted by atomic mass is 79.9. The Kier molecular flexibility index (Phi) is 6.29. The van der Waals surface area contributed by atoms with Crippen LogP contribution in [0.15, 0.2) is 22.7 Å². The summed E-state index contributed by atoms with van der Waals surface area (Å²) in [7, 11) is 0. The van der Waals surface area contributed by atoms with E-state index in [2.05, 4.69) is 26.6 Å². The molecule has 1 amide bonds. The van der Waals surface area contributed by atoms with Crippen LogP contribution in [0.3, 0.4) is 0 Å². The Morgan fingerprint density at radius 1 is 1.38 bits per heavy atom. The molecule has 0 bridgehead atoms. The molecule has 0 fully saturated rings. The highest BCUT2D eigenvalue weighted by molar-refractivity contribution is 9.10. The maximum absolute atomic E-state index is 11.6. The quantitative estimate of drug-likeness (QED) is 0.465. The first-order chi connectivity index (χ1) is 9.70. The van der Waals surface area contributed by atoms with Crippen molar-refractivity contribution in [3.63, 3.8) is 0 Å². The van der Waals surface area contributed by atoms with Gasteiger partial charge in [0.05, 0.1) is 9.40 Å². The minimum absolute atomic E-state index is 0.0203. The first-order valence-electron chi connectivity index (χ1n) is 6.64. The van der Waals surface area contributed by atoms with E-state index in [0.29, 0.717) is 24.0 Å². The predicted octanol–water partition coefficient (Wildman–Crippen LogP) is 2.75. The highest BCUT2D eigenvalue weighted by Gasteiger charge is 2.15. The van der Waals surface area contributed by atoms with E-state index in [1.54, 1.807) is 12.1 Å². The minimum Gasteiger partial charge on any atom is -0.351 e.